The highest BCUT2D eigenvalue weighted by Gasteiger charge is 2.32. The number of hydrogen-bond donors (Lipinski definition) is 0. The summed E-state index contributed by atoms with van der Waals surface area (Å²) in [7, 11) is -3.00. The second-order valence-corrected chi connectivity index (χ2v) is 5.90. The fraction of sp³-hybridized carbons (Fsp3) is 0.625. The van der Waals surface area contributed by atoms with Crippen molar-refractivity contribution in [2.24, 2.45) is 0 Å². The van der Waals surface area contributed by atoms with Crippen LogP contribution in [-0.2, 0) is 16.3 Å². The topological polar surface area (TPSA) is 90.1 Å². The van der Waals surface area contributed by atoms with Gasteiger partial charge in [-0.15, -0.1) is 0 Å². The zero-order valence-electron chi connectivity index (χ0n) is 7.92. The first-order valence-corrected chi connectivity index (χ1v) is 6.33. The van der Waals surface area contributed by atoms with Gasteiger partial charge in [-0.2, -0.15) is 4.98 Å². The van der Waals surface area contributed by atoms with Crippen LogP contribution < -0.4 is 0 Å². The van der Waals surface area contributed by atoms with Gasteiger partial charge in [0.1, 0.15) is 0 Å². The van der Waals surface area contributed by atoms with E-state index in [0.29, 0.717) is 19.1 Å². The van der Waals surface area contributed by atoms with E-state index in [9.17, 15) is 13.2 Å². The normalized spacial score (nSPS) is 24.1. The summed E-state index contributed by atoms with van der Waals surface area (Å²) >= 11 is 0. The highest BCUT2D eigenvalue weighted by molar-refractivity contribution is 7.92. The number of aldehydes is 1. The second kappa shape index (κ2) is 3.73. The van der Waals surface area contributed by atoms with Gasteiger partial charge in [-0.05, 0) is 12.8 Å². The van der Waals surface area contributed by atoms with Crippen LogP contribution >= 0.6 is 0 Å². The van der Waals surface area contributed by atoms with E-state index in [1.165, 1.54) is 0 Å². The summed E-state index contributed by atoms with van der Waals surface area (Å²) in [6.45, 7) is 0. The minimum absolute atomic E-state index is 0.0413. The van der Waals surface area contributed by atoms with Crippen molar-refractivity contribution in [3.63, 3.8) is 0 Å². The van der Waals surface area contributed by atoms with E-state index < -0.39 is 15.1 Å². The Bertz CT molecular complexity index is 465. The number of sulfone groups is 1. The fourth-order valence-corrected chi connectivity index (χ4v) is 3.51. The summed E-state index contributed by atoms with van der Waals surface area (Å²) in [5.41, 5.74) is 0. The van der Waals surface area contributed by atoms with Gasteiger partial charge in [-0.3, -0.25) is 4.79 Å². The number of rotatable bonds is 3. The van der Waals surface area contributed by atoms with Crippen LogP contribution in [0.5, 0.6) is 0 Å². The third-order valence-corrected chi connectivity index (χ3v) is 4.73. The van der Waals surface area contributed by atoms with E-state index in [2.05, 4.69) is 10.1 Å². The molecule has 1 fully saturated rings. The van der Waals surface area contributed by atoms with Crippen LogP contribution in [0.25, 0.3) is 0 Å². The highest BCUT2D eigenvalue weighted by atomic mass is 32.2. The monoisotopic (exact) mass is 230 g/mol. The van der Waals surface area contributed by atoms with Gasteiger partial charge >= 0.3 is 0 Å². The maximum Gasteiger partial charge on any atom is 0.235 e. The highest BCUT2D eigenvalue weighted by Crippen LogP contribution is 2.22. The van der Waals surface area contributed by atoms with Crippen molar-refractivity contribution < 1.29 is 17.7 Å². The average Bonchev–Trinajstić information content (AvgIpc) is 2.75. The molecule has 0 radical (unpaired) electrons. The van der Waals surface area contributed by atoms with Gasteiger partial charge in [0, 0.05) is 6.42 Å². The first-order valence-electron chi connectivity index (χ1n) is 4.61. The van der Waals surface area contributed by atoms with E-state index in [1.54, 1.807) is 0 Å². The van der Waals surface area contributed by atoms with E-state index in [1.807, 2.05) is 0 Å². The Morgan fingerprint density at radius 1 is 1.53 bits per heavy atom. The lowest BCUT2D eigenvalue weighted by atomic mass is 10.2. The SMILES string of the molecule is O=Cc1noc(CC2CCCS2(=O)=O)n1. The number of carbonyl (C=O) groups excluding carboxylic acids is 1. The zero-order chi connectivity index (χ0) is 10.9. The van der Waals surface area contributed by atoms with Crippen LogP contribution in [0.2, 0.25) is 0 Å². The summed E-state index contributed by atoms with van der Waals surface area (Å²) in [5.74, 6) is 0.403. The molecular formula is C8H10N2O4S. The molecule has 82 valence electrons. The lowest BCUT2D eigenvalue weighted by Gasteiger charge is -2.04. The molecule has 2 heterocycles. The van der Waals surface area contributed by atoms with Gasteiger partial charge < -0.3 is 4.52 Å². The molecule has 1 saturated heterocycles. The quantitative estimate of drug-likeness (QED) is 0.679. The fourth-order valence-electron chi connectivity index (χ4n) is 1.68. The molecule has 2 rings (SSSR count). The van der Waals surface area contributed by atoms with E-state index >= 15 is 0 Å². The first kappa shape index (κ1) is 10.3. The van der Waals surface area contributed by atoms with Crippen molar-refractivity contribution >= 4 is 16.1 Å². The molecule has 1 aromatic rings. The van der Waals surface area contributed by atoms with Crippen LogP contribution in [0.3, 0.4) is 0 Å². The third kappa shape index (κ3) is 2.06. The number of aromatic nitrogens is 2. The Balaban J connectivity index is 2.12. The Hall–Kier alpha value is -1.24. The number of carbonyl (C=O) groups is 1. The first-order chi connectivity index (χ1) is 7.12. The molecule has 0 aromatic carbocycles. The smallest absolute Gasteiger partial charge is 0.235 e. The Kier molecular flexibility index (Phi) is 2.56. The van der Waals surface area contributed by atoms with Crippen LogP contribution in [0, 0.1) is 0 Å². The predicted octanol–water partition coefficient (Wildman–Crippen LogP) is 0.00180. The molecule has 0 aliphatic carbocycles. The molecule has 0 bridgehead atoms. The molecule has 0 amide bonds. The van der Waals surface area contributed by atoms with Crippen molar-refractivity contribution in [3.05, 3.63) is 11.7 Å². The standard InChI is InChI=1S/C8H10N2O4S/c11-5-7-9-8(14-10-7)4-6-2-1-3-15(6,12)13/h5-6H,1-4H2. The molecule has 1 aliphatic rings. The third-order valence-electron chi connectivity index (χ3n) is 2.45. The van der Waals surface area contributed by atoms with E-state index in [-0.39, 0.29) is 23.9 Å². The van der Waals surface area contributed by atoms with Crippen molar-refractivity contribution in [2.45, 2.75) is 24.5 Å². The maximum atomic E-state index is 11.5. The van der Waals surface area contributed by atoms with Crippen LogP contribution in [0.15, 0.2) is 4.52 Å². The maximum absolute atomic E-state index is 11.5. The Morgan fingerprint density at radius 3 is 2.87 bits per heavy atom. The Labute approximate surface area is 86.6 Å². The molecule has 1 unspecified atom stereocenters. The van der Waals surface area contributed by atoms with E-state index in [4.69, 9.17) is 4.52 Å². The van der Waals surface area contributed by atoms with Gasteiger partial charge in [-0.1, -0.05) is 5.16 Å². The molecule has 1 atom stereocenters. The second-order valence-electron chi connectivity index (χ2n) is 3.50. The summed E-state index contributed by atoms with van der Waals surface area (Å²) in [6, 6.07) is 0. The largest absolute Gasteiger partial charge is 0.339 e. The van der Waals surface area contributed by atoms with Crippen LogP contribution in [-0.4, -0.2) is 35.8 Å². The van der Waals surface area contributed by atoms with Gasteiger partial charge in [0.05, 0.1) is 11.0 Å². The Morgan fingerprint density at radius 2 is 2.33 bits per heavy atom. The van der Waals surface area contributed by atoms with Crippen LogP contribution in [0.1, 0.15) is 29.4 Å². The predicted molar refractivity (Wildman–Crippen MR) is 50.2 cm³/mol. The molecule has 15 heavy (non-hydrogen) atoms. The molecule has 0 N–H and O–H groups in total. The van der Waals surface area contributed by atoms with Crippen LogP contribution in [0.4, 0.5) is 0 Å². The van der Waals surface area contributed by atoms with Crippen molar-refractivity contribution in [2.75, 3.05) is 5.75 Å². The molecule has 0 saturated carbocycles. The number of nitrogens with zero attached hydrogens (tertiary/aromatic N) is 2. The molecule has 6 nitrogen and oxygen atoms in total. The summed E-state index contributed by atoms with van der Waals surface area (Å²) in [4.78, 5) is 14.0. The minimum Gasteiger partial charge on any atom is -0.339 e. The average molecular weight is 230 g/mol. The molecular weight excluding hydrogens is 220 g/mol. The van der Waals surface area contributed by atoms with Crippen molar-refractivity contribution in [3.8, 4) is 0 Å². The minimum atomic E-state index is -3.00. The van der Waals surface area contributed by atoms with Crippen molar-refractivity contribution in [1.29, 1.82) is 0 Å². The van der Waals surface area contributed by atoms with Gasteiger partial charge in [0.2, 0.25) is 11.7 Å². The van der Waals surface area contributed by atoms with Crippen molar-refractivity contribution in [1.82, 2.24) is 10.1 Å². The van der Waals surface area contributed by atoms with Gasteiger partial charge in [0.25, 0.3) is 0 Å². The number of hydrogen-bond acceptors (Lipinski definition) is 6. The van der Waals surface area contributed by atoms with Gasteiger partial charge in [0.15, 0.2) is 16.1 Å². The summed E-state index contributed by atoms with van der Waals surface area (Å²) in [5, 5.41) is 2.94. The molecule has 7 heteroatoms. The molecule has 1 aliphatic heterocycles. The molecule has 1 aromatic heterocycles. The zero-order valence-corrected chi connectivity index (χ0v) is 8.74. The van der Waals surface area contributed by atoms with E-state index in [0.717, 1.165) is 0 Å². The lowest BCUT2D eigenvalue weighted by molar-refractivity contribution is 0.111. The lowest BCUT2D eigenvalue weighted by Crippen LogP contribution is -2.18. The summed E-state index contributed by atoms with van der Waals surface area (Å²) in [6.07, 6.45) is 1.99. The summed E-state index contributed by atoms with van der Waals surface area (Å²) < 4.78 is 27.7. The molecule has 0 spiro atoms. The van der Waals surface area contributed by atoms with Gasteiger partial charge in [-0.25, -0.2) is 8.42 Å².